The van der Waals surface area contributed by atoms with E-state index in [-0.39, 0.29) is 23.8 Å². The van der Waals surface area contributed by atoms with Crippen LogP contribution in [0.15, 0.2) is 35.3 Å². The second-order valence-electron chi connectivity index (χ2n) is 5.10. The molecular formula is C15H17N3O4. The summed E-state index contributed by atoms with van der Waals surface area (Å²) in [5, 5.41) is 2.86. The Morgan fingerprint density at radius 2 is 2.32 bits per heavy atom. The number of aryl methyl sites for hydroxylation is 1. The van der Waals surface area contributed by atoms with Crippen molar-refractivity contribution < 1.29 is 18.7 Å². The van der Waals surface area contributed by atoms with E-state index < -0.39 is 0 Å². The van der Waals surface area contributed by atoms with Gasteiger partial charge in [0.15, 0.2) is 6.39 Å². The van der Waals surface area contributed by atoms with Crippen molar-refractivity contribution >= 4 is 5.91 Å². The zero-order valence-electron chi connectivity index (χ0n) is 12.2. The Kier molecular flexibility index (Phi) is 4.34. The molecule has 1 aliphatic rings. The van der Waals surface area contributed by atoms with Crippen LogP contribution in [-0.2, 0) is 4.74 Å². The van der Waals surface area contributed by atoms with Crippen molar-refractivity contribution in [3.8, 4) is 5.75 Å². The zero-order valence-corrected chi connectivity index (χ0v) is 12.2. The summed E-state index contributed by atoms with van der Waals surface area (Å²) in [6.45, 7) is 2.90. The van der Waals surface area contributed by atoms with E-state index in [9.17, 15) is 4.79 Å². The van der Waals surface area contributed by atoms with E-state index in [0.29, 0.717) is 25.4 Å². The Labute approximate surface area is 127 Å². The molecule has 3 rings (SSSR count). The number of carbonyl (C=O) groups excluding carboxylic acids is 1. The van der Waals surface area contributed by atoms with E-state index >= 15 is 0 Å². The fourth-order valence-corrected chi connectivity index (χ4v) is 2.26. The van der Waals surface area contributed by atoms with Gasteiger partial charge in [-0.15, -0.1) is 0 Å². The van der Waals surface area contributed by atoms with Crippen molar-refractivity contribution in [3.05, 3.63) is 42.4 Å². The minimum absolute atomic E-state index is 0.168. The van der Waals surface area contributed by atoms with Crippen molar-refractivity contribution in [2.75, 3.05) is 13.2 Å². The van der Waals surface area contributed by atoms with Crippen molar-refractivity contribution in [3.63, 3.8) is 0 Å². The summed E-state index contributed by atoms with van der Waals surface area (Å²) in [5.41, 5.74) is 0.925. The van der Waals surface area contributed by atoms with Gasteiger partial charge in [-0.25, -0.2) is 4.98 Å². The molecule has 116 valence electrons. The average Bonchev–Trinajstić information content (AvgIpc) is 3.06. The molecule has 2 aromatic rings. The first kappa shape index (κ1) is 14.5. The number of rotatable bonds is 4. The van der Waals surface area contributed by atoms with Crippen molar-refractivity contribution in [1.29, 1.82) is 0 Å². The van der Waals surface area contributed by atoms with Crippen LogP contribution in [0.4, 0.5) is 0 Å². The molecule has 1 saturated heterocycles. The van der Waals surface area contributed by atoms with Gasteiger partial charge in [-0.3, -0.25) is 9.78 Å². The van der Waals surface area contributed by atoms with Gasteiger partial charge in [0, 0.05) is 12.1 Å². The molecule has 0 unspecified atom stereocenters. The van der Waals surface area contributed by atoms with Gasteiger partial charge in [0.2, 0.25) is 5.76 Å². The average molecular weight is 303 g/mol. The molecule has 7 nitrogen and oxygen atoms in total. The van der Waals surface area contributed by atoms with E-state index in [1.165, 1.54) is 12.6 Å². The lowest BCUT2D eigenvalue weighted by atomic mass is 10.1. The van der Waals surface area contributed by atoms with Crippen LogP contribution < -0.4 is 10.1 Å². The van der Waals surface area contributed by atoms with Crippen LogP contribution in [0.3, 0.4) is 0 Å². The summed E-state index contributed by atoms with van der Waals surface area (Å²) < 4.78 is 16.4. The van der Waals surface area contributed by atoms with Gasteiger partial charge in [0.1, 0.15) is 11.9 Å². The third kappa shape index (κ3) is 3.43. The highest BCUT2D eigenvalue weighted by Crippen LogP contribution is 2.18. The number of ether oxygens (including phenoxy) is 2. The van der Waals surface area contributed by atoms with Gasteiger partial charge < -0.3 is 19.2 Å². The summed E-state index contributed by atoms with van der Waals surface area (Å²) in [6.07, 6.45) is 4.79. The second-order valence-corrected chi connectivity index (χ2v) is 5.10. The molecule has 22 heavy (non-hydrogen) atoms. The quantitative estimate of drug-likeness (QED) is 0.917. The third-order valence-corrected chi connectivity index (χ3v) is 3.44. The van der Waals surface area contributed by atoms with E-state index in [1.54, 1.807) is 6.20 Å². The topological polar surface area (TPSA) is 86.5 Å². The van der Waals surface area contributed by atoms with Crippen LogP contribution >= 0.6 is 0 Å². The van der Waals surface area contributed by atoms with Gasteiger partial charge in [-0.2, -0.15) is 0 Å². The van der Waals surface area contributed by atoms with Crippen LogP contribution in [0.2, 0.25) is 0 Å². The maximum absolute atomic E-state index is 12.0. The van der Waals surface area contributed by atoms with Crippen molar-refractivity contribution in [2.45, 2.75) is 25.5 Å². The molecule has 0 saturated carbocycles. The fourth-order valence-electron chi connectivity index (χ4n) is 2.26. The number of oxazole rings is 1. The summed E-state index contributed by atoms with van der Waals surface area (Å²) in [6, 6.07) is 3.50. The molecule has 0 aliphatic carbocycles. The molecule has 1 fully saturated rings. The monoisotopic (exact) mass is 303 g/mol. The molecule has 0 spiro atoms. The first-order chi connectivity index (χ1) is 10.7. The molecule has 0 bridgehead atoms. The minimum atomic E-state index is -0.330. The smallest absolute Gasteiger partial charge is 0.289 e. The lowest BCUT2D eigenvalue weighted by Gasteiger charge is -2.32. The molecule has 1 aliphatic heterocycles. The number of pyridine rings is 1. The summed E-state index contributed by atoms with van der Waals surface area (Å²) >= 11 is 0. The summed E-state index contributed by atoms with van der Waals surface area (Å²) in [5.74, 6) is 0.515. The van der Waals surface area contributed by atoms with E-state index in [1.807, 2.05) is 19.1 Å². The van der Waals surface area contributed by atoms with Crippen LogP contribution in [0.5, 0.6) is 5.75 Å². The number of carbonyl (C=O) groups is 1. The molecule has 0 radical (unpaired) electrons. The number of nitrogens with zero attached hydrogens (tertiary/aromatic N) is 2. The SMILES string of the molecule is Cc1ccc(O[C@H]2CCOC[C@H]2NC(=O)c2cnco2)cn1. The highest BCUT2D eigenvalue weighted by atomic mass is 16.5. The molecule has 1 amide bonds. The number of nitrogens with one attached hydrogen (secondary N) is 1. The molecule has 3 heterocycles. The highest BCUT2D eigenvalue weighted by Gasteiger charge is 2.30. The first-order valence-electron chi connectivity index (χ1n) is 7.09. The van der Waals surface area contributed by atoms with Crippen LogP contribution in [0.1, 0.15) is 22.7 Å². The Morgan fingerprint density at radius 3 is 3.05 bits per heavy atom. The van der Waals surface area contributed by atoms with Gasteiger partial charge in [-0.1, -0.05) is 0 Å². The van der Waals surface area contributed by atoms with E-state index in [2.05, 4.69) is 15.3 Å². The van der Waals surface area contributed by atoms with Gasteiger partial charge in [0.05, 0.1) is 31.6 Å². The normalized spacial score (nSPS) is 21.3. The maximum atomic E-state index is 12.0. The minimum Gasteiger partial charge on any atom is -0.486 e. The molecule has 0 aromatic carbocycles. The Balaban J connectivity index is 1.65. The maximum Gasteiger partial charge on any atom is 0.289 e. The Morgan fingerprint density at radius 1 is 1.41 bits per heavy atom. The van der Waals surface area contributed by atoms with Crippen molar-refractivity contribution in [1.82, 2.24) is 15.3 Å². The largest absolute Gasteiger partial charge is 0.486 e. The van der Waals surface area contributed by atoms with Gasteiger partial charge in [0.25, 0.3) is 5.91 Å². The molecular weight excluding hydrogens is 286 g/mol. The second kappa shape index (κ2) is 6.57. The third-order valence-electron chi connectivity index (χ3n) is 3.44. The predicted octanol–water partition coefficient (Wildman–Crippen LogP) is 1.34. The van der Waals surface area contributed by atoms with Gasteiger partial charge >= 0.3 is 0 Å². The van der Waals surface area contributed by atoms with Crippen molar-refractivity contribution in [2.24, 2.45) is 0 Å². The number of amides is 1. The predicted molar refractivity (Wildman–Crippen MR) is 76.6 cm³/mol. The van der Waals surface area contributed by atoms with E-state index in [4.69, 9.17) is 13.9 Å². The van der Waals surface area contributed by atoms with Gasteiger partial charge in [-0.05, 0) is 19.1 Å². The highest BCUT2D eigenvalue weighted by molar-refractivity contribution is 5.91. The summed E-state index contributed by atoms with van der Waals surface area (Å²) in [7, 11) is 0. The number of hydrogen-bond acceptors (Lipinski definition) is 6. The lowest BCUT2D eigenvalue weighted by molar-refractivity contribution is -0.00333. The summed E-state index contributed by atoms with van der Waals surface area (Å²) in [4.78, 5) is 20.0. The molecule has 2 aromatic heterocycles. The Bertz CT molecular complexity index is 612. The van der Waals surface area contributed by atoms with Crippen LogP contribution in [0, 0.1) is 6.92 Å². The lowest BCUT2D eigenvalue weighted by Crippen LogP contribution is -2.51. The van der Waals surface area contributed by atoms with Crippen LogP contribution in [-0.4, -0.2) is 41.2 Å². The zero-order chi connectivity index (χ0) is 15.4. The van der Waals surface area contributed by atoms with Crippen LogP contribution in [0.25, 0.3) is 0 Å². The van der Waals surface area contributed by atoms with E-state index in [0.717, 1.165) is 5.69 Å². The standard InChI is InChI=1S/C15H17N3O4/c1-10-2-3-11(6-17-10)22-13-4-5-20-8-12(13)18-15(19)14-7-16-9-21-14/h2-3,6-7,9,12-13H,4-5,8H2,1H3,(H,18,19)/t12-,13+/m1/s1. The number of hydrogen-bond donors (Lipinski definition) is 1. The number of aromatic nitrogens is 2. The Hall–Kier alpha value is -2.41. The first-order valence-corrected chi connectivity index (χ1v) is 7.09. The molecule has 7 heteroatoms. The molecule has 1 N–H and O–H groups in total. The fraction of sp³-hybridized carbons (Fsp3) is 0.400. The molecule has 2 atom stereocenters.